The van der Waals surface area contributed by atoms with Crippen LogP contribution in [0.4, 0.5) is 5.82 Å². The number of hydrogen-bond donors (Lipinski definition) is 0. The van der Waals surface area contributed by atoms with Crippen LogP contribution in [0.25, 0.3) is 11.5 Å². The number of Topliss-reactive ketones (excluding diaryl/α,β-unsaturated/α-hetero) is 1. The number of aryl methyl sites for hydroxylation is 1. The summed E-state index contributed by atoms with van der Waals surface area (Å²) in [5.41, 5.74) is 2.84. The van der Waals surface area contributed by atoms with Gasteiger partial charge in [-0.2, -0.15) is 0 Å². The lowest BCUT2D eigenvalue weighted by Gasteiger charge is -2.23. The van der Waals surface area contributed by atoms with Crippen LogP contribution in [-0.2, 0) is 22.4 Å². The fourth-order valence-electron chi connectivity index (χ4n) is 3.70. The Morgan fingerprint density at radius 2 is 2.00 bits per heavy atom. The third-order valence-electron chi connectivity index (χ3n) is 4.93. The predicted molar refractivity (Wildman–Crippen MR) is 117 cm³/mol. The Labute approximate surface area is 178 Å². The molecule has 162 valence electrons. The molecule has 2 aromatic heterocycles. The second-order valence-electron chi connectivity index (χ2n) is 9.00. The van der Waals surface area contributed by atoms with Gasteiger partial charge >= 0.3 is 0 Å². The Morgan fingerprint density at radius 1 is 1.20 bits per heavy atom. The molecule has 0 saturated carbocycles. The average molecular weight is 413 g/mol. The molecular formula is C23H32N4O3. The van der Waals surface area contributed by atoms with Crippen LogP contribution in [0.15, 0.2) is 18.3 Å². The molecule has 1 aliphatic carbocycles. The minimum Gasteiger partial charge on any atom is -0.491 e. The first kappa shape index (κ1) is 22.2. The van der Waals surface area contributed by atoms with Crippen molar-refractivity contribution in [1.82, 2.24) is 15.0 Å². The second-order valence-corrected chi connectivity index (χ2v) is 9.00. The molecule has 2 heterocycles. The van der Waals surface area contributed by atoms with Gasteiger partial charge in [-0.05, 0) is 30.7 Å². The maximum absolute atomic E-state index is 12.5. The Bertz CT molecular complexity index is 893. The van der Waals surface area contributed by atoms with E-state index in [0.29, 0.717) is 43.4 Å². The number of nitrogens with zero attached hydrogens (tertiary/aromatic N) is 4. The smallest absolute Gasteiger partial charge is 0.180 e. The molecule has 0 spiro atoms. The van der Waals surface area contributed by atoms with E-state index in [9.17, 15) is 4.79 Å². The molecule has 7 heteroatoms. The second kappa shape index (κ2) is 9.51. The number of carbonyl (C=O) groups is 1. The highest BCUT2D eigenvalue weighted by molar-refractivity contribution is 5.84. The molecule has 0 bridgehead atoms. The molecule has 0 amide bonds. The van der Waals surface area contributed by atoms with Crippen LogP contribution in [0, 0.1) is 5.41 Å². The summed E-state index contributed by atoms with van der Waals surface area (Å²) in [5, 5.41) is 0. The molecule has 0 aliphatic heterocycles. The van der Waals surface area contributed by atoms with E-state index in [2.05, 4.69) is 25.8 Å². The first-order valence-electron chi connectivity index (χ1n) is 10.5. The summed E-state index contributed by atoms with van der Waals surface area (Å²) in [5.74, 6) is 2.32. The molecule has 0 saturated heterocycles. The molecule has 1 aliphatic rings. The van der Waals surface area contributed by atoms with Crippen molar-refractivity contribution < 1.29 is 14.3 Å². The van der Waals surface area contributed by atoms with E-state index in [-0.39, 0.29) is 11.2 Å². The van der Waals surface area contributed by atoms with Gasteiger partial charge < -0.3 is 14.4 Å². The fraction of sp³-hybridized carbons (Fsp3) is 0.565. The van der Waals surface area contributed by atoms with E-state index in [0.717, 1.165) is 36.3 Å². The van der Waals surface area contributed by atoms with Crippen LogP contribution in [0.1, 0.15) is 44.9 Å². The van der Waals surface area contributed by atoms with Crippen LogP contribution in [-0.4, -0.2) is 54.7 Å². The topological polar surface area (TPSA) is 77.4 Å². The van der Waals surface area contributed by atoms with Gasteiger partial charge in [-0.15, -0.1) is 0 Å². The number of hydrogen-bond acceptors (Lipinski definition) is 7. The quantitative estimate of drug-likeness (QED) is 0.583. The highest BCUT2D eigenvalue weighted by atomic mass is 16.5. The van der Waals surface area contributed by atoms with Gasteiger partial charge in [0.05, 0.1) is 13.2 Å². The first-order valence-corrected chi connectivity index (χ1v) is 10.5. The number of fused-ring (bicyclic) bond motifs is 1. The van der Waals surface area contributed by atoms with Gasteiger partial charge in [-0.1, -0.05) is 20.8 Å². The summed E-state index contributed by atoms with van der Waals surface area (Å²) in [6, 6.07) is 3.66. The lowest BCUT2D eigenvalue weighted by molar-refractivity contribution is -0.119. The van der Waals surface area contributed by atoms with E-state index >= 15 is 0 Å². The van der Waals surface area contributed by atoms with Crippen LogP contribution < -0.4 is 9.64 Å². The molecule has 0 atom stereocenters. The predicted octanol–water partition coefficient (Wildman–Crippen LogP) is 3.49. The number of anilines is 1. The van der Waals surface area contributed by atoms with Crippen LogP contribution >= 0.6 is 0 Å². The van der Waals surface area contributed by atoms with Crippen molar-refractivity contribution in [3.8, 4) is 17.3 Å². The van der Waals surface area contributed by atoms with Gasteiger partial charge in [0.2, 0.25) is 0 Å². The summed E-state index contributed by atoms with van der Waals surface area (Å²) in [6.07, 6.45) is 5.16. The summed E-state index contributed by atoms with van der Waals surface area (Å²) >= 11 is 0. The third-order valence-corrected chi connectivity index (χ3v) is 4.93. The number of carbonyl (C=O) groups excluding carboxylic acids is 1. The van der Waals surface area contributed by atoms with Crippen molar-refractivity contribution in [2.45, 2.75) is 46.5 Å². The van der Waals surface area contributed by atoms with Crippen molar-refractivity contribution in [3.05, 3.63) is 29.6 Å². The summed E-state index contributed by atoms with van der Waals surface area (Å²) in [4.78, 5) is 28.6. The van der Waals surface area contributed by atoms with Crippen LogP contribution in [0.2, 0.25) is 0 Å². The summed E-state index contributed by atoms with van der Waals surface area (Å²) in [6.45, 7) is 7.57. The molecule has 0 aromatic carbocycles. The molecule has 2 aromatic rings. The van der Waals surface area contributed by atoms with Crippen molar-refractivity contribution in [2.24, 2.45) is 5.41 Å². The maximum Gasteiger partial charge on any atom is 0.180 e. The zero-order valence-electron chi connectivity index (χ0n) is 18.7. The van der Waals surface area contributed by atoms with E-state index in [1.807, 2.05) is 24.1 Å². The average Bonchev–Trinajstić information content (AvgIpc) is 3.14. The van der Waals surface area contributed by atoms with Crippen molar-refractivity contribution in [3.63, 3.8) is 0 Å². The number of ketones is 1. The Kier molecular flexibility index (Phi) is 7.02. The number of rotatable bonds is 9. The van der Waals surface area contributed by atoms with Crippen molar-refractivity contribution in [1.29, 1.82) is 0 Å². The number of likely N-dealkylation sites (N-methyl/N-ethyl adjacent to an activating group) is 1. The van der Waals surface area contributed by atoms with Gasteiger partial charge in [-0.3, -0.25) is 9.78 Å². The molecule has 7 nitrogen and oxygen atoms in total. The molecule has 3 rings (SSSR count). The van der Waals surface area contributed by atoms with E-state index in [1.54, 1.807) is 13.3 Å². The molecular weight excluding hydrogens is 380 g/mol. The van der Waals surface area contributed by atoms with Crippen LogP contribution in [0.3, 0.4) is 0 Å². The SMILES string of the molecule is COCCOc1ccnc(-c2nc3c(c(N(C)CC(=O)CC(C)(C)C)n2)CCC3)c1. The number of pyridine rings is 1. The molecule has 0 fully saturated rings. The van der Waals surface area contributed by atoms with Gasteiger partial charge in [0.1, 0.15) is 23.9 Å². The minimum absolute atomic E-state index is 0.0239. The summed E-state index contributed by atoms with van der Waals surface area (Å²) in [7, 11) is 3.58. The first-order chi connectivity index (χ1) is 14.3. The lowest BCUT2D eigenvalue weighted by atomic mass is 9.90. The van der Waals surface area contributed by atoms with Gasteiger partial charge in [0.15, 0.2) is 11.6 Å². The Balaban J connectivity index is 1.86. The largest absolute Gasteiger partial charge is 0.491 e. The number of methoxy groups -OCH3 is 1. The lowest BCUT2D eigenvalue weighted by Crippen LogP contribution is -2.30. The van der Waals surface area contributed by atoms with Crippen molar-refractivity contribution >= 4 is 11.6 Å². The van der Waals surface area contributed by atoms with Gasteiger partial charge in [0, 0.05) is 44.1 Å². The zero-order valence-corrected chi connectivity index (χ0v) is 18.7. The summed E-state index contributed by atoms with van der Waals surface area (Å²) < 4.78 is 10.7. The Morgan fingerprint density at radius 3 is 2.73 bits per heavy atom. The third kappa shape index (κ3) is 5.75. The molecule has 30 heavy (non-hydrogen) atoms. The van der Waals surface area contributed by atoms with E-state index in [4.69, 9.17) is 19.4 Å². The maximum atomic E-state index is 12.5. The van der Waals surface area contributed by atoms with Gasteiger partial charge in [0.25, 0.3) is 0 Å². The minimum atomic E-state index is -0.0239. The molecule has 0 unspecified atom stereocenters. The van der Waals surface area contributed by atoms with Gasteiger partial charge in [-0.25, -0.2) is 9.97 Å². The zero-order chi connectivity index (χ0) is 21.7. The highest BCUT2D eigenvalue weighted by Crippen LogP contribution is 2.31. The number of ether oxygens (including phenoxy) is 2. The monoisotopic (exact) mass is 412 g/mol. The highest BCUT2D eigenvalue weighted by Gasteiger charge is 2.24. The fourth-order valence-corrected chi connectivity index (χ4v) is 3.70. The molecule has 0 N–H and O–H groups in total. The van der Waals surface area contributed by atoms with Crippen molar-refractivity contribution in [2.75, 3.05) is 38.8 Å². The van der Waals surface area contributed by atoms with E-state index < -0.39 is 0 Å². The Hall–Kier alpha value is -2.54. The van der Waals surface area contributed by atoms with E-state index in [1.165, 1.54) is 0 Å². The molecule has 0 radical (unpaired) electrons. The number of aromatic nitrogens is 3. The standard InChI is InChI=1S/C23H32N4O3/c1-23(2,3)14-16(28)15-27(4)22-18-7-6-8-19(18)25-21(26-22)20-13-17(9-10-24-20)30-12-11-29-5/h9-10,13H,6-8,11-12,14-15H2,1-5H3. The van der Waals surface area contributed by atoms with Crippen LogP contribution in [0.5, 0.6) is 5.75 Å². The normalized spacial score (nSPS) is 13.2.